The minimum atomic E-state index is 0.553. The highest BCUT2D eigenvalue weighted by molar-refractivity contribution is 7.80. The van der Waals surface area contributed by atoms with Gasteiger partial charge in [0.1, 0.15) is 11.3 Å². The summed E-state index contributed by atoms with van der Waals surface area (Å²) in [5, 5.41) is 7.91. The smallest absolute Gasteiger partial charge is 0.171 e. The maximum absolute atomic E-state index is 5.37. The van der Waals surface area contributed by atoms with Crippen molar-refractivity contribution in [2.45, 2.75) is 6.54 Å². The fourth-order valence-corrected chi connectivity index (χ4v) is 2.45. The molecule has 3 aromatic rings. The second-order valence-electron chi connectivity index (χ2n) is 4.88. The largest absolute Gasteiger partial charge is 0.494 e. The molecule has 116 valence electrons. The van der Waals surface area contributed by atoms with E-state index in [1.54, 1.807) is 25.7 Å². The molecule has 6 heteroatoms. The number of aromatic nitrogens is 2. The standard InChI is InChI=1S/C17H16N4OS/c1-22-15-5-4-14(13-3-2-8-19-16(13)15)21-17(23)20-11-12-6-9-18-10-7-12/h2-10H,11H2,1H3,(H2,20,21,23). The third-order valence-electron chi connectivity index (χ3n) is 3.40. The zero-order valence-electron chi connectivity index (χ0n) is 12.6. The van der Waals surface area contributed by atoms with E-state index in [4.69, 9.17) is 17.0 Å². The average molecular weight is 324 g/mol. The second kappa shape index (κ2) is 7.02. The summed E-state index contributed by atoms with van der Waals surface area (Å²) in [6.45, 7) is 0.640. The molecule has 5 nitrogen and oxygen atoms in total. The molecule has 0 aliphatic rings. The molecule has 2 aromatic heterocycles. The number of hydrogen-bond acceptors (Lipinski definition) is 4. The van der Waals surface area contributed by atoms with Gasteiger partial charge in [-0.2, -0.15) is 0 Å². The summed E-state index contributed by atoms with van der Waals surface area (Å²) in [5.41, 5.74) is 2.81. The molecule has 0 fully saturated rings. The Bertz CT molecular complexity index is 823. The van der Waals surface area contributed by atoms with Crippen LogP contribution in [0.25, 0.3) is 10.9 Å². The molecule has 1 aromatic carbocycles. The molecule has 3 rings (SSSR count). The molecule has 0 aliphatic heterocycles. The van der Waals surface area contributed by atoms with Crippen LogP contribution in [0.3, 0.4) is 0 Å². The quantitative estimate of drug-likeness (QED) is 0.719. The lowest BCUT2D eigenvalue weighted by molar-refractivity contribution is 0.419. The van der Waals surface area contributed by atoms with E-state index in [2.05, 4.69) is 20.6 Å². The monoisotopic (exact) mass is 324 g/mol. The van der Waals surface area contributed by atoms with E-state index in [1.165, 1.54) is 0 Å². The lowest BCUT2D eigenvalue weighted by Gasteiger charge is -2.13. The summed E-state index contributed by atoms with van der Waals surface area (Å²) < 4.78 is 5.35. The van der Waals surface area contributed by atoms with Crippen LogP contribution in [-0.2, 0) is 6.54 Å². The van der Waals surface area contributed by atoms with Crippen molar-refractivity contribution in [3.8, 4) is 5.75 Å². The number of anilines is 1. The molecule has 0 radical (unpaired) electrons. The summed E-state index contributed by atoms with van der Waals surface area (Å²) in [6, 6.07) is 11.6. The predicted octanol–water partition coefficient (Wildman–Crippen LogP) is 3.13. The maximum atomic E-state index is 5.37. The van der Waals surface area contributed by atoms with Gasteiger partial charge in [0.2, 0.25) is 0 Å². The highest BCUT2D eigenvalue weighted by Gasteiger charge is 2.08. The Kier molecular flexibility index (Phi) is 4.63. The van der Waals surface area contributed by atoms with E-state index in [1.807, 2.05) is 36.4 Å². The number of benzene rings is 1. The van der Waals surface area contributed by atoms with Crippen molar-refractivity contribution in [3.63, 3.8) is 0 Å². The van der Waals surface area contributed by atoms with Gasteiger partial charge < -0.3 is 15.4 Å². The van der Waals surface area contributed by atoms with Crippen LogP contribution in [0, 0.1) is 0 Å². The van der Waals surface area contributed by atoms with Gasteiger partial charge in [0.25, 0.3) is 0 Å². The van der Waals surface area contributed by atoms with Crippen LogP contribution in [0.2, 0.25) is 0 Å². The fraction of sp³-hybridized carbons (Fsp3) is 0.118. The summed E-state index contributed by atoms with van der Waals surface area (Å²) in [7, 11) is 1.64. The van der Waals surface area contributed by atoms with Crippen LogP contribution < -0.4 is 15.4 Å². The van der Waals surface area contributed by atoms with E-state index in [0.717, 1.165) is 27.9 Å². The highest BCUT2D eigenvalue weighted by atomic mass is 32.1. The number of methoxy groups -OCH3 is 1. The van der Waals surface area contributed by atoms with Gasteiger partial charge in [-0.3, -0.25) is 9.97 Å². The van der Waals surface area contributed by atoms with Crippen LogP contribution >= 0.6 is 12.2 Å². The number of nitrogens with one attached hydrogen (secondary N) is 2. The Morgan fingerprint density at radius 3 is 2.74 bits per heavy atom. The molecule has 0 spiro atoms. The molecule has 23 heavy (non-hydrogen) atoms. The molecule has 0 amide bonds. The van der Waals surface area contributed by atoms with Crippen LogP contribution in [0.15, 0.2) is 55.0 Å². The number of fused-ring (bicyclic) bond motifs is 1. The molecule has 2 heterocycles. The number of rotatable bonds is 4. The molecule has 2 N–H and O–H groups in total. The van der Waals surface area contributed by atoms with Gasteiger partial charge in [-0.15, -0.1) is 0 Å². The Morgan fingerprint density at radius 1 is 1.13 bits per heavy atom. The second-order valence-corrected chi connectivity index (χ2v) is 5.29. The van der Waals surface area contributed by atoms with Gasteiger partial charge >= 0.3 is 0 Å². The van der Waals surface area contributed by atoms with Gasteiger partial charge in [0.15, 0.2) is 5.11 Å². The molecule has 0 saturated heterocycles. The van der Waals surface area contributed by atoms with Gasteiger partial charge in [0, 0.05) is 36.2 Å². The first-order valence-electron chi connectivity index (χ1n) is 7.13. The first kappa shape index (κ1) is 15.2. The summed E-state index contributed by atoms with van der Waals surface area (Å²) in [5.74, 6) is 0.738. The number of hydrogen-bond donors (Lipinski definition) is 2. The predicted molar refractivity (Wildman–Crippen MR) is 95.6 cm³/mol. The molecular formula is C17H16N4OS. The normalized spacial score (nSPS) is 10.3. The molecular weight excluding hydrogens is 308 g/mol. The van der Waals surface area contributed by atoms with E-state index in [0.29, 0.717) is 11.7 Å². The summed E-state index contributed by atoms with van der Waals surface area (Å²) in [4.78, 5) is 8.37. The zero-order valence-corrected chi connectivity index (χ0v) is 13.4. The molecule has 0 unspecified atom stereocenters. The Balaban J connectivity index is 1.75. The first-order valence-corrected chi connectivity index (χ1v) is 7.54. The van der Waals surface area contributed by atoms with Crippen LogP contribution in [0.4, 0.5) is 5.69 Å². The van der Waals surface area contributed by atoms with E-state index < -0.39 is 0 Å². The Morgan fingerprint density at radius 2 is 1.96 bits per heavy atom. The fourth-order valence-electron chi connectivity index (χ4n) is 2.27. The zero-order chi connectivity index (χ0) is 16.1. The summed E-state index contributed by atoms with van der Waals surface area (Å²) in [6.07, 6.45) is 5.26. The highest BCUT2D eigenvalue weighted by Crippen LogP contribution is 2.29. The third-order valence-corrected chi connectivity index (χ3v) is 3.65. The minimum absolute atomic E-state index is 0.553. The SMILES string of the molecule is COc1ccc(NC(=S)NCc2ccncc2)c2cccnc12. The average Bonchev–Trinajstić information content (AvgIpc) is 2.61. The topological polar surface area (TPSA) is 59.1 Å². The first-order chi connectivity index (χ1) is 11.3. The van der Waals surface area contributed by atoms with Crippen LogP contribution in [0.5, 0.6) is 5.75 Å². The van der Waals surface area contributed by atoms with Crippen LogP contribution in [-0.4, -0.2) is 22.2 Å². The van der Waals surface area contributed by atoms with Crippen molar-refractivity contribution < 1.29 is 4.74 Å². The van der Waals surface area contributed by atoms with E-state index in [9.17, 15) is 0 Å². The third kappa shape index (κ3) is 3.54. The Labute approximate surface area is 139 Å². The Hall–Kier alpha value is -2.73. The van der Waals surface area contributed by atoms with Crippen molar-refractivity contribution >= 4 is 33.9 Å². The van der Waals surface area contributed by atoms with Gasteiger partial charge in [-0.1, -0.05) is 0 Å². The van der Waals surface area contributed by atoms with Crippen molar-refractivity contribution in [2.75, 3.05) is 12.4 Å². The lowest BCUT2D eigenvalue weighted by atomic mass is 10.1. The molecule has 0 aliphatic carbocycles. The molecule has 0 bridgehead atoms. The number of ether oxygens (including phenoxy) is 1. The number of pyridine rings is 2. The van der Waals surface area contributed by atoms with Gasteiger partial charge in [-0.25, -0.2) is 0 Å². The van der Waals surface area contributed by atoms with Crippen molar-refractivity contribution in [1.29, 1.82) is 0 Å². The van der Waals surface area contributed by atoms with Crippen molar-refractivity contribution in [2.24, 2.45) is 0 Å². The molecule has 0 atom stereocenters. The lowest BCUT2D eigenvalue weighted by Crippen LogP contribution is -2.28. The van der Waals surface area contributed by atoms with Gasteiger partial charge in [-0.05, 0) is 54.2 Å². The minimum Gasteiger partial charge on any atom is -0.494 e. The molecule has 0 saturated carbocycles. The van der Waals surface area contributed by atoms with Crippen molar-refractivity contribution in [1.82, 2.24) is 15.3 Å². The summed E-state index contributed by atoms with van der Waals surface area (Å²) >= 11 is 5.37. The van der Waals surface area contributed by atoms with E-state index in [-0.39, 0.29) is 0 Å². The number of nitrogens with zero attached hydrogens (tertiary/aromatic N) is 2. The van der Waals surface area contributed by atoms with E-state index >= 15 is 0 Å². The number of thiocarbonyl (C=S) groups is 1. The van der Waals surface area contributed by atoms with Crippen LogP contribution in [0.1, 0.15) is 5.56 Å². The van der Waals surface area contributed by atoms with Gasteiger partial charge in [0.05, 0.1) is 7.11 Å². The maximum Gasteiger partial charge on any atom is 0.171 e. The van der Waals surface area contributed by atoms with Crippen molar-refractivity contribution in [3.05, 3.63) is 60.6 Å².